The molecule has 2 aliphatic heterocycles. The molecule has 4 heteroatoms. The van der Waals surface area contributed by atoms with Crippen molar-refractivity contribution in [3.05, 3.63) is 0 Å². The van der Waals surface area contributed by atoms with Crippen molar-refractivity contribution in [1.29, 1.82) is 0 Å². The Kier molecular flexibility index (Phi) is 3.32. The van der Waals surface area contributed by atoms with Gasteiger partial charge in [0.1, 0.15) is 0 Å². The normalized spacial score (nSPS) is 45.1. The topological polar surface area (TPSA) is 52.6 Å². The third-order valence-corrected chi connectivity index (χ3v) is 5.16. The van der Waals surface area contributed by atoms with Crippen molar-refractivity contribution >= 4 is 5.97 Å². The van der Waals surface area contributed by atoms with Crippen molar-refractivity contribution in [1.82, 2.24) is 10.2 Å². The lowest BCUT2D eigenvalue weighted by atomic mass is 9.92. The van der Waals surface area contributed by atoms with Crippen molar-refractivity contribution in [2.24, 2.45) is 17.8 Å². The van der Waals surface area contributed by atoms with Crippen LogP contribution in [0.4, 0.5) is 0 Å². The number of piperidine rings is 1. The second kappa shape index (κ2) is 4.82. The van der Waals surface area contributed by atoms with Crippen LogP contribution in [0.25, 0.3) is 0 Å². The molecule has 0 bridgehead atoms. The Morgan fingerprint density at radius 2 is 2.17 bits per heavy atom. The fourth-order valence-electron chi connectivity index (χ4n) is 4.10. The molecule has 0 amide bonds. The van der Waals surface area contributed by atoms with E-state index < -0.39 is 5.97 Å². The Morgan fingerprint density at radius 3 is 2.83 bits per heavy atom. The van der Waals surface area contributed by atoms with Crippen LogP contribution in [0.3, 0.4) is 0 Å². The molecule has 3 aliphatic rings. The van der Waals surface area contributed by atoms with Gasteiger partial charge < -0.3 is 10.4 Å². The predicted octanol–water partition coefficient (Wildman–Crippen LogP) is 1.17. The number of carbonyl (C=O) groups is 1. The van der Waals surface area contributed by atoms with E-state index in [1.807, 2.05) is 0 Å². The predicted molar refractivity (Wildman–Crippen MR) is 69.4 cm³/mol. The summed E-state index contributed by atoms with van der Waals surface area (Å²) in [5.41, 5.74) is 0. The molecule has 0 aromatic rings. The summed E-state index contributed by atoms with van der Waals surface area (Å²) in [5.74, 6) is 0.506. The van der Waals surface area contributed by atoms with E-state index in [1.165, 1.54) is 25.8 Å². The number of nitrogens with one attached hydrogen (secondary N) is 1. The summed E-state index contributed by atoms with van der Waals surface area (Å²) >= 11 is 0. The lowest BCUT2D eigenvalue weighted by molar-refractivity contribution is -0.139. The van der Waals surface area contributed by atoms with Crippen molar-refractivity contribution in [2.75, 3.05) is 19.6 Å². The molecule has 102 valence electrons. The monoisotopic (exact) mass is 252 g/mol. The number of aliphatic carboxylic acids is 1. The average molecular weight is 252 g/mol. The van der Waals surface area contributed by atoms with Crippen LogP contribution in [0.15, 0.2) is 0 Å². The Hall–Kier alpha value is -0.610. The zero-order chi connectivity index (χ0) is 12.7. The highest BCUT2D eigenvalue weighted by molar-refractivity contribution is 5.73. The van der Waals surface area contributed by atoms with Gasteiger partial charge in [-0.1, -0.05) is 6.92 Å². The van der Waals surface area contributed by atoms with Crippen LogP contribution in [-0.2, 0) is 4.79 Å². The maximum Gasteiger partial charge on any atom is 0.306 e. The van der Waals surface area contributed by atoms with Crippen LogP contribution in [0.5, 0.6) is 0 Å². The molecule has 18 heavy (non-hydrogen) atoms. The second-order valence-corrected chi connectivity index (χ2v) is 6.33. The number of likely N-dealkylation sites (tertiary alicyclic amines) is 1. The first-order valence-electron chi connectivity index (χ1n) is 7.37. The highest BCUT2D eigenvalue weighted by atomic mass is 16.4. The summed E-state index contributed by atoms with van der Waals surface area (Å²) in [6.45, 7) is 5.74. The lowest BCUT2D eigenvalue weighted by Crippen LogP contribution is -2.51. The van der Waals surface area contributed by atoms with Gasteiger partial charge in [0.2, 0.25) is 0 Å². The fourth-order valence-corrected chi connectivity index (χ4v) is 4.10. The van der Waals surface area contributed by atoms with Crippen molar-refractivity contribution in [2.45, 2.75) is 44.7 Å². The molecule has 1 saturated carbocycles. The first kappa shape index (κ1) is 12.4. The lowest BCUT2D eigenvalue weighted by Gasteiger charge is -2.40. The smallest absolute Gasteiger partial charge is 0.306 e. The Balaban J connectivity index is 1.66. The summed E-state index contributed by atoms with van der Waals surface area (Å²) in [6, 6.07) is 1.23. The Labute approximate surface area is 109 Å². The quantitative estimate of drug-likeness (QED) is 0.791. The minimum Gasteiger partial charge on any atom is -0.481 e. The Morgan fingerprint density at radius 1 is 1.33 bits per heavy atom. The van der Waals surface area contributed by atoms with E-state index in [2.05, 4.69) is 17.1 Å². The largest absolute Gasteiger partial charge is 0.481 e. The minimum absolute atomic E-state index is 0.0485. The SMILES string of the molecule is CC1CNCCC1N1CCC[C@H]1C1CC1C(=O)O. The van der Waals surface area contributed by atoms with Crippen LogP contribution in [0, 0.1) is 17.8 Å². The van der Waals surface area contributed by atoms with Gasteiger partial charge in [0.25, 0.3) is 0 Å². The van der Waals surface area contributed by atoms with Gasteiger partial charge in [-0.2, -0.15) is 0 Å². The summed E-state index contributed by atoms with van der Waals surface area (Å²) < 4.78 is 0. The first-order valence-corrected chi connectivity index (χ1v) is 7.37. The van der Waals surface area contributed by atoms with E-state index in [1.54, 1.807) is 0 Å². The molecule has 0 spiro atoms. The molecule has 2 saturated heterocycles. The molecule has 4 unspecified atom stereocenters. The molecule has 1 aliphatic carbocycles. The maximum atomic E-state index is 11.0. The second-order valence-electron chi connectivity index (χ2n) is 6.33. The van der Waals surface area contributed by atoms with Crippen molar-refractivity contribution in [3.63, 3.8) is 0 Å². The molecule has 4 nitrogen and oxygen atoms in total. The standard InChI is InChI=1S/C14H24N2O2/c1-9-8-15-5-4-12(9)16-6-2-3-13(16)10-7-11(10)14(17)18/h9-13,15H,2-8H2,1H3,(H,17,18)/t9?,10?,11?,12?,13-/m0/s1. The van der Waals surface area contributed by atoms with Crippen LogP contribution in [0.1, 0.15) is 32.6 Å². The zero-order valence-electron chi connectivity index (χ0n) is 11.1. The third-order valence-electron chi connectivity index (χ3n) is 5.16. The van der Waals surface area contributed by atoms with Crippen LogP contribution in [0.2, 0.25) is 0 Å². The summed E-state index contributed by atoms with van der Waals surface area (Å²) in [4.78, 5) is 13.7. The van der Waals surface area contributed by atoms with Gasteiger partial charge in [0.15, 0.2) is 0 Å². The molecular formula is C14H24N2O2. The van der Waals surface area contributed by atoms with Crippen LogP contribution >= 0.6 is 0 Å². The summed E-state index contributed by atoms with van der Waals surface area (Å²) in [6.07, 6.45) is 4.60. The number of hydrogen-bond donors (Lipinski definition) is 2. The van der Waals surface area contributed by atoms with E-state index in [0.717, 1.165) is 19.5 Å². The van der Waals surface area contributed by atoms with Gasteiger partial charge in [0.05, 0.1) is 5.92 Å². The number of nitrogens with zero attached hydrogens (tertiary/aromatic N) is 1. The molecule has 3 fully saturated rings. The third kappa shape index (κ3) is 2.16. The van der Waals surface area contributed by atoms with E-state index in [0.29, 0.717) is 23.9 Å². The number of carboxylic acids is 1. The minimum atomic E-state index is -0.579. The molecule has 2 heterocycles. The number of carboxylic acid groups (broad SMARTS) is 1. The van der Waals surface area contributed by atoms with Gasteiger partial charge in [-0.3, -0.25) is 9.69 Å². The van der Waals surface area contributed by atoms with Gasteiger partial charge in [0, 0.05) is 12.1 Å². The van der Waals surface area contributed by atoms with Crippen LogP contribution < -0.4 is 5.32 Å². The average Bonchev–Trinajstić information content (AvgIpc) is 3.01. The highest BCUT2D eigenvalue weighted by Gasteiger charge is 2.52. The molecule has 0 aromatic carbocycles. The van der Waals surface area contributed by atoms with E-state index in [-0.39, 0.29) is 5.92 Å². The molecule has 2 N–H and O–H groups in total. The Bertz CT molecular complexity index is 334. The summed E-state index contributed by atoms with van der Waals surface area (Å²) in [7, 11) is 0. The van der Waals surface area contributed by atoms with E-state index in [4.69, 9.17) is 5.11 Å². The van der Waals surface area contributed by atoms with Crippen molar-refractivity contribution < 1.29 is 9.90 Å². The fraction of sp³-hybridized carbons (Fsp3) is 0.929. The molecule has 5 atom stereocenters. The highest BCUT2D eigenvalue weighted by Crippen LogP contribution is 2.47. The first-order chi connectivity index (χ1) is 8.68. The molecule has 3 rings (SSSR count). The maximum absolute atomic E-state index is 11.0. The van der Waals surface area contributed by atoms with Gasteiger partial charge >= 0.3 is 5.97 Å². The van der Waals surface area contributed by atoms with Gasteiger partial charge in [-0.25, -0.2) is 0 Å². The van der Waals surface area contributed by atoms with E-state index in [9.17, 15) is 4.79 Å². The van der Waals surface area contributed by atoms with Crippen LogP contribution in [-0.4, -0.2) is 47.7 Å². The van der Waals surface area contributed by atoms with Crippen molar-refractivity contribution in [3.8, 4) is 0 Å². The number of rotatable bonds is 3. The summed E-state index contributed by atoms with van der Waals surface area (Å²) in [5, 5.41) is 12.6. The van der Waals surface area contributed by atoms with Gasteiger partial charge in [-0.05, 0) is 57.2 Å². The zero-order valence-corrected chi connectivity index (χ0v) is 11.1. The number of hydrogen-bond acceptors (Lipinski definition) is 3. The molecule has 0 aromatic heterocycles. The molecular weight excluding hydrogens is 228 g/mol. The van der Waals surface area contributed by atoms with E-state index >= 15 is 0 Å². The van der Waals surface area contributed by atoms with Gasteiger partial charge in [-0.15, -0.1) is 0 Å². The molecule has 0 radical (unpaired) electrons.